The molecule has 4 aromatic heterocycles. The fourth-order valence-corrected chi connectivity index (χ4v) is 4.72. The van der Waals surface area contributed by atoms with Gasteiger partial charge in [0.2, 0.25) is 0 Å². The summed E-state index contributed by atoms with van der Waals surface area (Å²) in [5, 5.41) is 11.1. The number of nitrogens with zero attached hydrogens (tertiary/aromatic N) is 5. The molecule has 4 aromatic rings. The van der Waals surface area contributed by atoms with E-state index in [9.17, 15) is 0 Å². The number of hydrogen-bond acceptors (Lipinski definition) is 6. The molecule has 1 aliphatic rings. The molecule has 186 valence electrons. The van der Waals surface area contributed by atoms with Crippen molar-refractivity contribution in [3.8, 4) is 22.6 Å². The van der Waals surface area contributed by atoms with Crippen LogP contribution in [0.15, 0.2) is 55.4 Å². The van der Waals surface area contributed by atoms with E-state index in [4.69, 9.17) is 4.98 Å². The Labute approximate surface area is 212 Å². The molecule has 0 saturated carbocycles. The lowest BCUT2D eigenvalue weighted by Crippen LogP contribution is -2.43. The molecule has 0 amide bonds. The Morgan fingerprint density at radius 2 is 2.00 bits per heavy atom. The monoisotopic (exact) mass is 482 g/mol. The molecule has 1 saturated heterocycles. The Balaban J connectivity index is 1.50. The van der Waals surface area contributed by atoms with E-state index in [1.165, 1.54) is 11.3 Å². The van der Waals surface area contributed by atoms with Gasteiger partial charge in [-0.25, -0.2) is 4.98 Å². The molecule has 0 atom stereocenters. The van der Waals surface area contributed by atoms with Crippen molar-refractivity contribution in [3.63, 3.8) is 0 Å². The third-order valence-corrected chi connectivity index (χ3v) is 6.74. The van der Waals surface area contributed by atoms with Gasteiger partial charge in [0, 0.05) is 67.6 Å². The van der Waals surface area contributed by atoms with Crippen LogP contribution >= 0.6 is 0 Å². The van der Waals surface area contributed by atoms with Gasteiger partial charge in [-0.3, -0.25) is 10.1 Å². The number of hydrogen-bond donors (Lipinski definition) is 3. The summed E-state index contributed by atoms with van der Waals surface area (Å²) in [5.41, 5.74) is 9.97. The van der Waals surface area contributed by atoms with Crippen molar-refractivity contribution in [2.75, 3.05) is 39.8 Å². The van der Waals surface area contributed by atoms with Crippen molar-refractivity contribution in [1.29, 1.82) is 0 Å². The molecule has 8 heteroatoms. The summed E-state index contributed by atoms with van der Waals surface area (Å²) in [6.45, 7) is 14.0. The number of aromatic nitrogens is 5. The first-order valence-electron chi connectivity index (χ1n) is 12.5. The Bertz CT molecular complexity index is 1390. The van der Waals surface area contributed by atoms with Gasteiger partial charge in [0.25, 0.3) is 0 Å². The number of rotatable bonds is 8. The fraction of sp³-hybridized carbons (Fsp3) is 0.321. The van der Waals surface area contributed by atoms with Crippen molar-refractivity contribution in [2.24, 2.45) is 0 Å². The number of pyridine rings is 2. The maximum absolute atomic E-state index is 5.00. The molecule has 0 unspecified atom stereocenters. The zero-order valence-electron chi connectivity index (χ0n) is 21.3. The molecule has 0 spiro atoms. The first kappa shape index (κ1) is 24.0. The summed E-state index contributed by atoms with van der Waals surface area (Å²) in [7, 11) is 2.17. The summed E-state index contributed by atoms with van der Waals surface area (Å²) in [4.78, 5) is 17.8. The predicted octanol–water partition coefficient (Wildman–Crippen LogP) is 4.21. The standard InChI is InChI=1S/C28H34N8/c1-5-7-26(36-12-10-35(4)11-13-36)22-15-25(31-19(22)3)28-27-24(33-34-28)9-8-23(32-27)21-14-20(16-29-6-2)17-30-18-21/h5,7-9,14-15,17-18,29,31H,1,6,10-13,16H2,2-4H3,(H,33,34)/b26-7+. The molecule has 0 bridgehead atoms. The quantitative estimate of drug-likeness (QED) is 0.326. The van der Waals surface area contributed by atoms with E-state index in [-0.39, 0.29) is 0 Å². The van der Waals surface area contributed by atoms with E-state index in [0.717, 1.165) is 84.2 Å². The number of allylic oxidation sites excluding steroid dienone is 2. The number of aromatic amines is 2. The average Bonchev–Trinajstić information content (AvgIpc) is 3.49. The van der Waals surface area contributed by atoms with Gasteiger partial charge in [0.15, 0.2) is 0 Å². The molecule has 8 nitrogen and oxygen atoms in total. The van der Waals surface area contributed by atoms with E-state index in [1.54, 1.807) is 0 Å². The van der Waals surface area contributed by atoms with E-state index in [1.807, 2.05) is 30.6 Å². The van der Waals surface area contributed by atoms with Crippen LogP contribution in [0.3, 0.4) is 0 Å². The second-order valence-corrected chi connectivity index (χ2v) is 9.33. The molecule has 5 heterocycles. The van der Waals surface area contributed by atoms with Crippen LogP contribution in [-0.4, -0.2) is 74.7 Å². The van der Waals surface area contributed by atoms with Gasteiger partial charge >= 0.3 is 0 Å². The van der Waals surface area contributed by atoms with E-state index >= 15 is 0 Å². The Morgan fingerprint density at radius 1 is 1.17 bits per heavy atom. The number of fused-ring (bicyclic) bond motifs is 1. The minimum absolute atomic E-state index is 0.787. The van der Waals surface area contributed by atoms with Crippen molar-refractivity contribution in [1.82, 2.24) is 40.3 Å². The van der Waals surface area contributed by atoms with Crippen LogP contribution in [0.25, 0.3) is 39.4 Å². The van der Waals surface area contributed by atoms with Crippen LogP contribution < -0.4 is 5.32 Å². The van der Waals surface area contributed by atoms with Crippen LogP contribution in [0, 0.1) is 6.92 Å². The largest absolute Gasteiger partial charge is 0.368 e. The Kier molecular flexibility index (Phi) is 6.97. The fourth-order valence-electron chi connectivity index (χ4n) is 4.72. The molecular weight excluding hydrogens is 448 g/mol. The first-order valence-corrected chi connectivity index (χ1v) is 12.5. The smallest absolute Gasteiger partial charge is 0.135 e. The highest BCUT2D eigenvalue weighted by Crippen LogP contribution is 2.32. The molecule has 0 aliphatic carbocycles. The number of H-pyrrole nitrogens is 2. The normalized spacial score (nSPS) is 15.1. The summed E-state index contributed by atoms with van der Waals surface area (Å²) in [5.74, 6) is 0. The second-order valence-electron chi connectivity index (χ2n) is 9.33. The van der Waals surface area contributed by atoms with Gasteiger partial charge in [0.1, 0.15) is 11.2 Å². The van der Waals surface area contributed by atoms with Gasteiger partial charge in [-0.1, -0.05) is 19.6 Å². The lowest BCUT2D eigenvalue weighted by atomic mass is 10.1. The highest BCUT2D eigenvalue weighted by molar-refractivity contribution is 5.91. The first-order chi connectivity index (χ1) is 17.6. The van der Waals surface area contributed by atoms with Gasteiger partial charge in [-0.15, -0.1) is 0 Å². The maximum atomic E-state index is 5.00. The lowest BCUT2D eigenvalue weighted by Gasteiger charge is -2.35. The lowest BCUT2D eigenvalue weighted by molar-refractivity contribution is 0.207. The van der Waals surface area contributed by atoms with E-state index < -0.39 is 0 Å². The van der Waals surface area contributed by atoms with Crippen LogP contribution in [0.2, 0.25) is 0 Å². The third kappa shape index (κ3) is 4.82. The number of aryl methyl sites for hydroxylation is 1. The van der Waals surface area contributed by atoms with Crippen LogP contribution in [-0.2, 0) is 6.54 Å². The van der Waals surface area contributed by atoms with Crippen molar-refractivity contribution >= 4 is 16.7 Å². The van der Waals surface area contributed by atoms with Gasteiger partial charge in [0.05, 0.1) is 16.9 Å². The minimum Gasteiger partial charge on any atom is -0.368 e. The van der Waals surface area contributed by atoms with E-state index in [2.05, 4.69) is 81.0 Å². The number of likely N-dealkylation sites (N-methyl/N-ethyl adjacent to an activating group) is 1. The average molecular weight is 483 g/mol. The molecular formula is C28H34N8. The predicted molar refractivity (Wildman–Crippen MR) is 146 cm³/mol. The molecule has 0 radical (unpaired) electrons. The van der Waals surface area contributed by atoms with Crippen molar-refractivity contribution in [3.05, 3.63) is 72.2 Å². The van der Waals surface area contributed by atoms with Crippen LogP contribution in [0.1, 0.15) is 23.7 Å². The Morgan fingerprint density at radius 3 is 2.78 bits per heavy atom. The molecule has 0 aromatic carbocycles. The van der Waals surface area contributed by atoms with Crippen LogP contribution in [0.5, 0.6) is 0 Å². The minimum atomic E-state index is 0.787. The van der Waals surface area contributed by atoms with E-state index in [0.29, 0.717) is 0 Å². The second kappa shape index (κ2) is 10.5. The van der Waals surface area contributed by atoms with Gasteiger partial charge in [-0.2, -0.15) is 5.10 Å². The summed E-state index contributed by atoms with van der Waals surface area (Å²) in [6.07, 6.45) is 7.74. The third-order valence-electron chi connectivity index (χ3n) is 6.74. The molecule has 5 rings (SSSR count). The summed E-state index contributed by atoms with van der Waals surface area (Å²) >= 11 is 0. The highest BCUT2D eigenvalue weighted by atomic mass is 15.3. The van der Waals surface area contributed by atoms with Crippen molar-refractivity contribution in [2.45, 2.75) is 20.4 Å². The number of nitrogens with one attached hydrogen (secondary N) is 3. The maximum Gasteiger partial charge on any atom is 0.135 e. The van der Waals surface area contributed by atoms with Gasteiger partial charge in [-0.05, 0) is 56.4 Å². The SMILES string of the molecule is C=C/C=C(\c1cc(-c2n[nH]c3ccc(-c4cncc(CNCC)c4)nc23)[nH]c1C)N1CCN(C)CC1. The molecule has 36 heavy (non-hydrogen) atoms. The zero-order valence-corrected chi connectivity index (χ0v) is 21.3. The summed E-state index contributed by atoms with van der Waals surface area (Å²) < 4.78 is 0. The van der Waals surface area contributed by atoms with Gasteiger partial charge < -0.3 is 20.1 Å². The number of piperazine rings is 1. The highest BCUT2D eigenvalue weighted by Gasteiger charge is 2.21. The van der Waals surface area contributed by atoms with Crippen LogP contribution in [0.4, 0.5) is 0 Å². The van der Waals surface area contributed by atoms with Crippen molar-refractivity contribution < 1.29 is 0 Å². The Hall–Kier alpha value is -3.75. The molecule has 1 aliphatic heterocycles. The summed E-state index contributed by atoms with van der Waals surface area (Å²) in [6, 6.07) is 8.38. The topological polar surface area (TPSA) is 88.8 Å². The zero-order chi connectivity index (χ0) is 25.1. The molecule has 1 fully saturated rings. The molecule has 3 N–H and O–H groups in total.